The molecule has 0 spiro atoms. The van der Waals surface area contributed by atoms with Gasteiger partial charge in [-0.2, -0.15) is 26.3 Å². The maximum atomic E-state index is 15.5. The van der Waals surface area contributed by atoms with Crippen molar-refractivity contribution in [2.45, 2.75) is 98.2 Å². The van der Waals surface area contributed by atoms with Gasteiger partial charge in [-0.15, -0.1) is 0 Å². The highest BCUT2D eigenvalue weighted by molar-refractivity contribution is 6.58. The maximum Gasteiger partial charge on any atom is 0.864 e. The molecule has 3 aromatic carbocycles. The van der Waals surface area contributed by atoms with Crippen LogP contribution in [0.2, 0.25) is 15.1 Å². The van der Waals surface area contributed by atoms with Crippen molar-refractivity contribution >= 4 is 51.4 Å². The minimum atomic E-state index is -3.44. The van der Waals surface area contributed by atoms with E-state index >= 15 is 52.7 Å². The fraction of sp³-hybridized carbons (Fsp3) is 0.500. The van der Waals surface area contributed by atoms with Crippen LogP contribution in [0.25, 0.3) is 0 Å². The Kier molecular flexibility index (Phi) is 14.2. The lowest BCUT2D eigenvalue weighted by Gasteiger charge is -2.29. The number of rotatable bonds is 15. The predicted octanol–water partition coefficient (Wildman–Crippen LogP) is 9.43. The first-order valence-corrected chi connectivity index (χ1v) is 19.9. The molecule has 0 fully saturated rings. The molecule has 3 nitrogen and oxygen atoms in total. The average molecular weight is 843 g/mol. The first kappa shape index (κ1) is 46.3. The molecule has 3 rings (SSSR count). The minimum absolute atomic E-state index is 0.263. The molecular weight excluding hydrogens is 803 g/mol. The van der Waals surface area contributed by atoms with Gasteiger partial charge in [0, 0.05) is 15.6 Å². The van der Waals surface area contributed by atoms with Gasteiger partial charge in [0.1, 0.15) is 0 Å². The first-order chi connectivity index (χ1) is 25.0. The van der Waals surface area contributed by atoms with Crippen molar-refractivity contribution < 1.29 is 66.6 Å². The lowest BCUT2D eigenvalue weighted by atomic mass is 9.99. The largest absolute Gasteiger partial charge is 0.864 e. The number of hydrogen-bond acceptors (Lipinski definition) is 3. The summed E-state index contributed by atoms with van der Waals surface area (Å²) in [4.78, 5) is 0. The van der Waals surface area contributed by atoms with E-state index in [2.05, 4.69) is 0 Å². The molecule has 0 aliphatic carbocycles. The van der Waals surface area contributed by atoms with Crippen molar-refractivity contribution in [1.82, 2.24) is 0 Å². The summed E-state index contributed by atoms with van der Waals surface area (Å²) in [7, 11) is -6.11. The van der Waals surface area contributed by atoms with Gasteiger partial charge in [-0.3, -0.25) is 0 Å². The zero-order chi connectivity index (χ0) is 42.4. The lowest BCUT2D eigenvalue weighted by molar-refractivity contribution is 0.256. The second kappa shape index (κ2) is 16.8. The van der Waals surface area contributed by atoms with Crippen molar-refractivity contribution in [1.29, 1.82) is 0 Å². The van der Waals surface area contributed by atoms with E-state index in [-0.39, 0.29) is 17.8 Å². The SMILES string of the molecule is CC(C)C(C)(C)[Si]c1c(F)c(F)c(OB(Oc2c(F)c(F)c([Si]C(C)(C)C(C)C)c(F)c2F)Oc2c(F)c(F)c([Si]C(C)(C)C(C)C)c(F)c2F)c(F)c1F. The number of benzene rings is 3. The van der Waals surface area contributed by atoms with E-state index < -0.39 is 154 Å². The number of hydrogen-bond donors (Lipinski definition) is 0. The van der Waals surface area contributed by atoms with Gasteiger partial charge in [-0.1, -0.05) is 83.1 Å². The summed E-state index contributed by atoms with van der Waals surface area (Å²) in [6.07, 6.45) is 0. The van der Waals surface area contributed by atoms with Crippen LogP contribution < -0.4 is 29.5 Å². The molecule has 0 aliphatic heterocycles. The molecule has 19 heteroatoms. The maximum absolute atomic E-state index is 15.5. The van der Waals surface area contributed by atoms with Crippen LogP contribution in [0, 0.1) is 87.6 Å². The summed E-state index contributed by atoms with van der Waals surface area (Å²) in [6.45, 7) is 19.4. The smallest absolute Gasteiger partial charge is 0.484 e. The van der Waals surface area contributed by atoms with Gasteiger partial charge in [0.15, 0.2) is 52.2 Å². The highest BCUT2D eigenvalue weighted by Gasteiger charge is 2.43. The molecule has 0 aliphatic rings. The Balaban J connectivity index is 2.28. The Bertz CT molecular complexity index is 1640. The summed E-state index contributed by atoms with van der Waals surface area (Å²) in [6, 6.07) is 0. The van der Waals surface area contributed by atoms with Crippen LogP contribution in [-0.4, -0.2) is 35.9 Å². The topological polar surface area (TPSA) is 27.7 Å². The zero-order valence-electron chi connectivity index (χ0n) is 32.1. The van der Waals surface area contributed by atoms with E-state index in [0.29, 0.717) is 0 Å². The van der Waals surface area contributed by atoms with Gasteiger partial charge >= 0.3 is 7.32 Å². The fourth-order valence-electron chi connectivity index (χ4n) is 4.23. The van der Waals surface area contributed by atoms with Gasteiger partial charge in [0.2, 0.25) is 34.9 Å². The minimum Gasteiger partial charge on any atom is -0.484 e. The normalized spacial score (nSPS) is 12.7. The third-order valence-electron chi connectivity index (χ3n) is 9.98. The molecule has 55 heavy (non-hydrogen) atoms. The molecular formula is C36H39BF12O3Si3. The molecule has 0 N–H and O–H groups in total. The first-order valence-electron chi connectivity index (χ1n) is 16.9. The highest BCUT2D eigenvalue weighted by atomic mass is 28.2. The third-order valence-corrected chi connectivity index (χ3v) is 15.7. The van der Waals surface area contributed by atoms with Gasteiger partial charge in [0.05, 0.1) is 28.6 Å². The molecule has 0 unspecified atom stereocenters. The van der Waals surface area contributed by atoms with Crippen LogP contribution in [0.4, 0.5) is 52.7 Å². The second-order valence-corrected chi connectivity index (χ2v) is 21.6. The highest BCUT2D eigenvalue weighted by Crippen LogP contribution is 2.38. The van der Waals surface area contributed by atoms with Crippen LogP contribution in [0.3, 0.4) is 0 Å². The summed E-state index contributed by atoms with van der Waals surface area (Å²) < 4.78 is 199. The van der Waals surface area contributed by atoms with Crippen molar-refractivity contribution in [3.05, 3.63) is 69.8 Å². The molecule has 0 aromatic heterocycles. The van der Waals surface area contributed by atoms with Gasteiger partial charge in [-0.05, 0) is 32.9 Å². The molecule has 6 radical (unpaired) electrons. The van der Waals surface area contributed by atoms with E-state index in [0.717, 1.165) is 0 Å². The predicted molar refractivity (Wildman–Crippen MR) is 189 cm³/mol. The number of halogens is 12. The van der Waals surface area contributed by atoms with Crippen molar-refractivity contribution in [3.8, 4) is 17.2 Å². The third kappa shape index (κ3) is 9.40. The van der Waals surface area contributed by atoms with E-state index in [1.54, 1.807) is 83.1 Å². The van der Waals surface area contributed by atoms with Crippen LogP contribution >= 0.6 is 0 Å². The standard InChI is InChI=1S/C36H39BF12O3Si3/c1-13(2)34(7,8)53-31-22(44)16(38)28(17(39)23(31)45)50-37(51-29-18(40)24(46)32(25(47)19(29)41)54-35(9,10)14(3)4)52-30-20(42)26(48)33(27(49)21(30)43)55-36(11,12)15(5)6/h13-15H,1-12H3. The Hall–Kier alpha value is -3.06. The Morgan fingerprint density at radius 2 is 0.509 bits per heavy atom. The molecule has 0 saturated carbocycles. The van der Waals surface area contributed by atoms with E-state index in [9.17, 15) is 0 Å². The summed E-state index contributed by atoms with van der Waals surface area (Å²) in [5.41, 5.74) is 0. The fourth-order valence-corrected chi connectivity index (χ4v) is 8.35. The molecule has 0 amide bonds. The van der Waals surface area contributed by atoms with E-state index in [1.807, 2.05) is 0 Å². The Morgan fingerprint density at radius 3 is 0.655 bits per heavy atom. The van der Waals surface area contributed by atoms with Gasteiger partial charge in [-0.25, -0.2) is 26.3 Å². The summed E-state index contributed by atoms with van der Waals surface area (Å²) in [5, 5.41) is -5.95. The molecule has 0 bridgehead atoms. The molecule has 300 valence electrons. The average Bonchev–Trinajstić information content (AvgIpc) is 3.09. The van der Waals surface area contributed by atoms with Crippen LogP contribution in [0.1, 0.15) is 83.1 Å². The Morgan fingerprint density at radius 1 is 0.345 bits per heavy atom. The van der Waals surface area contributed by atoms with Crippen LogP contribution in [-0.2, 0) is 0 Å². The van der Waals surface area contributed by atoms with Crippen molar-refractivity contribution in [3.63, 3.8) is 0 Å². The quantitative estimate of drug-likeness (QED) is 0.0868. The van der Waals surface area contributed by atoms with E-state index in [1.165, 1.54) is 0 Å². The molecule has 0 atom stereocenters. The van der Waals surface area contributed by atoms with Gasteiger partial charge in [0.25, 0.3) is 0 Å². The van der Waals surface area contributed by atoms with Gasteiger partial charge < -0.3 is 14.0 Å². The van der Waals surface area contributed by atoms with Crippen molar-refractivity contribution in [2.24, 2.45) is 17.8 Å². The second-order valence-electron chi connectivity index (χ2n) is 15.5. The molecule has 0 heterocycles. The van der Waals surface area contributed by atoms with Crippen LogP contribution in [0.5, 0.6) is 17.2 Å². The summed E-state index contributed by atoms with van der Waals surface area (Å²) >= 11 is 0. The Labute approximate surface area is 320 Å². The van der Waals surface area contributed by atoms with Crippen LogP contribution in [0.15, 0.2) is 0 Å². The monoisotopic (exact) mass is 842 g/mol. The molecule has 0 saturated heterocycles. The lowest BCUT2D eigenvalue weighted by Crippen LogP contribution is -2.42. The zero-order valence-corrected chi connectivity index (χ0v) is 35.1. The van der Waals surface area contributed by atoms with E-state index in [4.69, 9.17) is 14.0 Å². The van der Waals surface area contributed by atoms with Crippen molar-refractivity contribution in [2.75, 3.05) is 0 Å². The molecule has 3 aromatic rings. The summed E-state index contributed by atoms with van der Waals surface area (Å²) in [5.74, 6) is -32.9.